The van der Waals surface area contributed by atoms with Crippen molar-refractivity contribution >= 4 is 23.6 Å². The highest BCUT2D eigenvalue weighted by Gasteiger charge is 2.51. The summed E-state index contributed by atoms with van der Waals surface area (Å²) in [6.45, 7) is 9.97. The van der Waals surface area contributed by atoms with E-state index in [1.165, 1.54) is 0 Å². The third-order valence-corrected chi connectivity index (χ3v) is 2.64. The minimum atomic E-state index is -0.884. The number of carbonyl (C=O) groups is 3. The van der Waals surface area contributed by atoms with Gasteiger partial charge in [-0.15, -0.1) is 0 Å². The number of oxime groups is 1. The average Bonchev–Trinajstić information content (AvgIpc) is 2.12. The Balaban J connectivity index is 3.44. The van der Waals surface area contributed by atoms with E-state index in [0.29, 0.717) is 0 Å². The van der Waals surface area contributed by atoms with Crippen molar-refractivity contribution in [1.29, 1.82) is 0 Å². The van der Waals surface area contributed by atoms with Gasteiger partial charge in [0.2, 0.25) is 5.71 Å². The van der Waals surface area contributed by atoms with Crippen molar-refractivity contribution in [3.63, 3.8) is 0 Å². The Labute approximate surface area is 111 Å². The number of amides is 4. The molecule has 1 N–H and O–H groups in total. The SMILES string of the molecule is CC(C)(C)N1C(=O)C(=NO)C(=O)N(C(C)(C)C)C1=O. The predicted molar refractivity (Wildman–Crippen MR) is 67.8 cm³/mol. The standard InChI is InChI=1S/C12H19N3O4/c1-11(2,3)14-8(16)7(13-19)9(17)15(10(14)18)12(4,5)6/h19H,1-6H3. The first kappa shape index (κ1) is 15.1. The lowest BCUT2D eigenvalue weighted by molar-refractivity contribution is -0.136. The number of rotatable bonds is 0. The van der Waals surface area contributed by atoms with Gasteiger partial charge in [-0.1, -0.05) is 5.16 Å². The Bertz CT molecular complexity index is 430. The molecule has 0 bridgehead atoms. The van der Waals surface area contributed by atoms with Crippen LogP contribution in [0.1, 0.15) is 41.5 Å². The van der Waals surface area contributed by atoms with Crippen molar-refractivity contribution in [3.05, 3.63) is 0 Å². The highest BCUT2D eigenvalue weighted by molar-refractivity contribution is 6.68. The molecule has 0 saturated carbocycles. The fourth-order valence-electron chi connectivity index (χ4n) is 1.85. The van der Waals surface area contributed by atoms with Crippen LogP contribution >= 0.6 is 0 Å². The van der Waals surface area contributed by atoms with Crippen LogP contribution in [0, 0.1) is 0 Å². The summed E-state index contributed by atoms with van der Waals surface area (Å²) in [7, 11) is 0. The van der Waals surface area contributed by atoms with Gasteiger partial charge in [0, 0.05) is 11.1 Å². The zero-order valence-electron chi connectivity index (χ0n) is 12.0. The maximum atomic E-state index is 12.4. The van der Waals surface area contributed by atoms with Crippen LogP contribution < -0.4 is 0 Å². The number of hydrogen-bond acceptors (Lipinski definition) is 5. The van der Waals surface area contributed by atoms with Crippen molar-refractivity contribution in [1.82, 2.24) is 9.80 Å². The van der Waals surface area contributed by atoms with Gasteiger partial charge in [0.05, 0.1) is 0 Å². The van der Waals surface area contributed by atoms with Crippen molar-refractivity contribution in [2.45, 2.75) is 52.6 Å². The Morgan fingerprint density at radius 3 is 1.37 bits per heavy atom. The Morgan fingerprint density at radius 2 is 1.16 bits per heavy atom. The molecule has 0 aliphatic carbocycles. The number of urea groups is 1. The average molecular weight is 269 g/mol. The van der Waals surface area contributed by atoms with E-state index in [4.69, 9.17) is 5.21 Å². The molecule has 19 heavy (non-hydrogen) atoms. The predicted octanol–water partition coefficient (Wildman–Crippen LogP) is 1.20. The smallest absolute Gasteiger partial charge is 0.335 e. The summed E-state index contributed by atoms with van der Waals surface area (Å²) in [5.41, 5.74) is -2.30. The fraction of sp³-hybridized carbons (Fsp3) is 0.667. The number of carbonyl (C=O) groups excluding carboxylic acids is 3. The van der Waals surface area contributed by atoms with Crippen LogP contribution in [0.5, 0.6) is 0 Å². The lowest BCUT2D eigenvalue weighted by Gasteiger charge is -2.44. The summed E-state index contributed by atoms with van der Waals surface area (Å²) in [5, 5.41) is 11.6. The van der Waals surface area contributed by atoms with E-state index >= 15 is 0 Å². The quantitative estimate of drug-likeness (QED) is 0.528. The van der Waals surface area contributed by atoms with Gasteiger partial charge in [-0.2, -0.15) is 0 Å². The molecule has 106 valence electrons. The maximum Gasteiger partial charge on any atom is 0.335 e. The Kier molecular flexibility index (Phi) is 3.45. The third kappa shape index (κ3) is 2.45. The second-order valence-corrected chi connectivity index (χ2v) is 6.35. The van der Waals surface area contributed by atoms with Gasteiger partial charge in [-0.25, -0.2) is 4.79 Å². The summed E-state index contributed by atoms with van der Waals surface area (Å²) in [4.78, 5) is 38.4. The molecule has 7 nitrogen and oxygen atoms in total. The van der Waals surface area contributed by atoms with Crippen LogP contribution in [0.3, 0.4) is 0 Å². The van der Waals surface area contributed by atoms with Crippen molar-refractivity contribution in [2.75, 3.05) is 0 Å². The van der Waals surface area contributed by atoms with Crippen molar-refractivity contribution < 1.29 is 19.6 Å². The molecule has 0 aromatic carbocycles. The van der Waals surface area contributed by atoms with Gasteiger partial charge in [0.15, 0.2) is 0 Å². The molecular formula is C12H19N3O4. The van der Waals surface area contributed by atoms with Crippen LogP contribution in [0.15, 0.2) is 5.16 Å². The van der Waals surface area contributed by atoms with Crippen molar-refractivity contribution in [3.8, 4) is 0 Å². The minimum Gasteiger partial charge on any atom is -0.410 e. The Hall–Kier alpha value is -1.92. The van der Waals surface area contributed by atoms with Gasteiger partial charge in [0.1, 0.15) is 0 Å². The van der Waals surface area contributed by atoms with Crippen LogP contribution in [-0.4, -0.2) is 49.6 Å². The molecule has 1 aliphatic heterocycles. The number of nitrogens with zero attached hydrogens (tertiary/aromatic N) is 3. The number of barbiturate groups is 1. The molecule has 1 rings (SSSR count). The molecule has 0 radical (unpaired) electrons. The monoisotopic (exact) mass is 269 g/mol. The largest absolute Gasteiger partial charge is 0.410 e. The number of imide groups is 2. The molecule has 7 heteroatoms. The van der Waals surface area contributed by atoms with E-state index in [2.05, 4.69) is 5.16 Å². The van der Waals surface area contributed by atoms with Gasteiger partial charge in [-0.05, 0) is 41.5 Å². The zero-order chi connectivity index (χ0) is 15.2. The molecule has 0 atom stereocenters. The summed E-state index contributed by atoms with van der Waals surface area (Å²) in [6.07, 6.45) is 0. The summed E-state index contributed by atoms with van der Waals surface area (Å²) < 4.78 is 0. The van der Waals surface area contributed by atoms with E-state index in [9.17, 15) is 14.4 Å². The van der Waals surface area contributed by atoms with Crippen LogP contribution in [0.25, 0.3) is 0 Å². The van der Waals surface area contributed by atoms with Crippen LogP contribution in [0.2, 0.25) is 0 Å². The first-order valence-corrected chi connectivity index (χ1v) is 5.88. The molecule has 1 fully saturated rings. The molecule has 1 saturated heterocycles. The van der Waals surface area contributed by atoms with E-state index in [-0.39, 0.29) is 0 Å². The van der Waals surface area contributed by atoms with Gasteiger partial charge >= 0.3 is 6.03 Å². The topological polar surface area (TPSA) is 90.3 Å². The van der Waals surface area contributed by atoms with E-state index < -0.39 is 34.6 Å². The lowest BCUT2D eigenvalue weighted by Crippen LogP contribution is -2.68. The highest BCUT2D eigenvalue weighted by atomic mass is 16.4. The molecule has 1 heterocycles. The minimum absolute atomic E-state index is 0.649. The van der Waals surface area contributed by atoms with Crippen molar-refractivity contribution in [2.24, 2.45) is 5.16 Å². The first-order chi connectivity index (χ1) is 8.42. The Morgan fingerprint density at radius 1 is 0.842 bits per heavy atom. The zero-order valence-corrected chi connectivity index (χ0v) is 12.0. The fourth-order valence-corrected chi connectivity index (χ4v) is 1.85. The highest BCUT2D eigenvalue weighted by Crippen LogP contribution is 2.26. The van der Waals surface area contributed by atoms with Gasteiger partial charge in [0.25, 0.3) is 11.8 Å². The number of hydrogen-bond donors (Lipinski definition) is 1. The molecule has 0 aromatic rings. The second-order valence-electron chi connectivity index (χ2n) is 6.35. The summed E-state index contributed by atoms with van der Waals surface area (Å²) in [5.74, 6) is -1.77. The third-order valence-electron chi connectivity index (χ3n) is 2.64. The van der Waals surface area contributed by atoms with Crippen LogP contribution in [0.4, 0.5) is 4.79 Å². The summed E-state index contributed by atoms with van der Waals surface area (Å²) in [6, 6.07) is -0.706. The van der Waals surface area contributed by atoms with E-state index in [0.717, 1.165) is 9.80 Å². The second kappa shape index (κ2) is 4.32. The van der Waals surface area contributed by atoms with Crippen LogP contribution in [-0.2, 0) is 9.59 Å². The van der Waals surface area contributed by atoms with E-state index in [1.807, 2.05) is 0 Å². The molecule has 1 aliphatic rings. The summed E-state index contributed by atoms with van der Waals surface area (Å²) >= 11 is 0. The molecule has 0 unspecified atom stereocenters. The molecule has 0 aromatic heterocycles. The molecule has 4 amide bonds. The molecule has 0 spiro atoms. The first-order valence-electron chi connectivity index (χ1n) is 5.88. The van der Waals surface area contributed by atoms with Gasteiger partial charge < -0.3 is 5.21 Å². The van der Waals surface area contributed by atoms with E-state index in [1.54, 1.807) is 41.5 Å². The lowest BCUT2D eigenvalue weighted by atomic mass is 9.99. The molecular weight excluding hydrogens is 250 g/mol. The normalized spacial score (nSPS) is 18.2. The maximum absolute atomic E-state index is 12.4. The van der Waals surface area contributed by atoms with Gasteiger partial charge in [-0.3, -0.25) is 19.4 Å².